The summed E-state index contributed by atoms with van der Waals surface area (Å²) in [6, 6.07) is 8.72. The number of unbranched alkanes of at least 4 members (excludes halogenated alkanes) is 2. The number of anilines is 1. The summed E-state index contributed by atoms with van der Waals surface area (Å²) < 4.78 is 72.6. The molecule has 0 aromatic heterocycles. The molecular weight excluding hydrogens is 777 g/mol. The Morgan fingerprint density at radius 1 is 0.830 bits per heavy atom. The van der Waals surface area contributed by atoms with E-state index in [2.05, 4.69) is 4.90 Å². The number of carbonyl (C=O) groups is 3. The molecule has 0 spiro atoms. The van der Waals surface area contributed by atoms with E-state index in [-0.39, 0.29) is 132 Å². The largest absolute Gasteiger partial charge is 1.00 e. The first kappa shape index (κ1) is 46.2. The third-order valence-corrected chi connectivity index (χ3v) is 11.3. The number of fused-ring (bicyclic) bond motifs is 2. The van der Waals surface area contributed by atoms with Gasteiger partial charge in [-0.1, -0.05) is 38.5 Å². The van der Waals surface area contributed by atoms with Gasteiger partial charge in [0.25, 0.3) is 11.8 Å². The molecule has 0 radical (unpaired) electrons. The van der Waals surface area contributed by atoms with E-state index in [9.17, 15) is 40.3 Å². The minimum atomic E-state index is -4.69. The fourth-order valence-corrected chi connectivity index (χ4v) is 7.89. The predicted molar refractivity (Wildman–Crippen MR) is 185 cm³/mol. The molecule has 2 aromatic rings. The van der Waals surface area contributed by atoms with Crippen LogP contribution < -0.4 is 108 Å². The number of rotatable bonds is 12. The summed E-state index contributed by atoms with van der Waals surface area (Å²) in [6.07, 6.45) is 11.2. The van der Waals surface area contributed by atoms with Gasteiger partial charge in [-0.25, -0.2) is 21.6 Å². The minimum absolute atomic E-state index is 0. The van der Waals surface area contributed by atoms with Crippen molar-refractivity contribution in [1.29, 1.82) is 0 Å². The maximum Gasteiger partial charge on any atom is 1.00 e. The quantitative estimate of drug-likeness (QED) is 0.0605. The maximum absolute atomic E-state index is 12.2. The van der Waals surface area contributed by atoms with Gasteiger partial charge in [0.1, 0.15) is 27.3 Å². The fourth-order valence-electron chi connectivity index (χ4n) is 6.90. The zero-order chi connectivity index (χ0) is 37.5. The van der Waals surface area contributed by atoms with E-state index < -0.39 is 48.8 Å². The summed E-state index contributed by atoms with van der Waals surface area (Å²) in [5.74, 6) is -1.73. The summed E-state index contributed by atoms with van der Waals surface area (Å²) in [5.41, 5.74) is 3.45. The summed E-state index contributed by atoms with van der Waals surface area (Å²) in [6.45, 7) is 8.31. The van der Waals surface area contributed by atoms with Crippen LogP contribution in [0.2, 0.25) is 0 Å². The zero-order valence-electron chi connectivity index (χ0n) is 31.0. The first-order valence-electron chi connectivity index (χ1n) is 16.5. The number of allylic oxidation sites excluding steroid dienone is 6. The van der Waals surface area contributed by atoms with E-state index in [1.165, 1.54) is 24.3 Å². The van der Waals surface area contributed by atoms with Gasteiger partial charge in [0.2, 0.25) is 5.69 Å². The molecule has 272 valence electrons. The molecular formula is C36H40K2N3O10S2+. The topological polar surface area (TPSA) is 184 Å². The Balaban J connectivity index is 0.00000378. The van der Waals surface area contributed by atoms with E-state index >= 15 is 0 Å². The molecule has 17 heteroatoms. The van der Waals surface area contributed by atoms with E-state index in [0.717, 1.165) is 28.3 Å². The second-order valence-corrected chi connectivity index (χ2v) is 16.5. The fraction of sp³-hybridized carbons (Fsp3) is 0.389. The summed E-state index contributed by atoms with van der Waals surface area (Å²) >= 11 is 0. The third-order valence-electron chi connectivity index (χ3n) is 9.64. The van der Waals surface area contributed by atoms with Crippen molar-refractivity contribution in [1.82, 2.24) is 5.06 Å². The third kappa shape index (κ3) is 10.0. The van der Waals surface area contributed by atoms with Crippen molar-refractivity contribution < 1.29 is 153 Å². The number of carbonyl (C=O) groups excluding carboxylic acids is 3. The van der Waals surface area contributed by atoms with Gasteiger partial charge in [-0.05, 0) is 68.7 Å². The van der Waals surface area contributed by atoms with Crippen molar-refractivity contribution in [3.63, 3.8) is 0 Å². The van der Waals surface area contributed by atoms with Crippen LogP contribution in [0.1, 0.15) is 77.3 Å². The molecule has 3 aliphatic rings. The average molecular weight is 817 g/mol. The first-order chi connectivity index (χ1) is 23.7. The molecule has 0 unspecified atom stereocenters. The van der Waals surface area contributed by atoms with Crippen molar-refractivity contribution in [2.75, 3.05) is 18.5 Å². The Labute approximate surface area is 395 Å². The van der Waals surface area contributed by atoms with E-state index in [1.54, 1.807) is 12.1 Å². The number of benzene rings is 2. The van der Waals surface area contributed by atoms with Crippen LogP contribution in [-0.2, 0) is 50.3 Å². The van der Waals surface area contributed by atoms with Crippen LogP contribution in [0.3, 0.4) is 0 Å². The molecule has 0 saturated carbocycles. The van der Waals surface area contributed by atoms with Crippen LogP contribution in [-0.4, -0.2) is 72.7 Å². The Morgan fingerprint density at radius 2 is 1.42 bits per heavy atom. The summed E-state index contributed by atoms with van der Waals surface area (Å²) in [5, 5.41) is 0.534. The molecule has 2 amide bonds. The number of nitrogens with zero attached hydrogens (tertiary/aromatic N) is 3. The number of amides is 2. The second kappa shape index (κ2) is 18.0. The molecule has 0 bridgehead atoms. The summed E-state index contributed by atoms with van der Waals surface area (Å²) in [7, 11) is -7.42. The molecule has 1 fully saturated rings. The number of hydroxylamine groups is 2. The average Bonchev–Trinajstić information content (AvgIpc) is 3.54. The van der Waals surface area contributed by atoms with Gasteiger partial charge in [-0.2, -0.15) is 4.58 Å². The van der Waals surface area contributed by atoms with Gasteiger partial charge >= 0.3 is 109 Å². The summed E-state index contributed by atoms with van der Waals surface area (Å²) in [4.78, 5) is 42.1. The Bertz CT molecular complexity index is 2140. The molecule has 0 atom stereocenters. The number of hydrogen-bond acceptors (Lipinski definition) is 11. The second-order valence-electron chi connectivity index (χ2n) is 13.8. The van der Waals surface area contributed by atoms with E-state index in [4.69, 9.17) is 4.84 Å². The van der Waals surface area contributed by atoms with E-state index in [0.29, 0.717) is 36.4 Å². The molecule has 1 saturated heterocycles. The smallest absolute Gasteiger partial charge is 0.744 e. The standard InChI is InChI=1S/C36H41N3O10S2.2K/c1-35(2)26-22-24(50(43,44)45)15-17-28(26)37(5)30(35)12-8-6-9-13-31-36(3,4)27-23-25(51(46,47)48)16-18-29(27)38(31)21-11-7-10-14-34(42)49-39-32(40)19-20-33(39)41;;/h6,8-9,12-13,15-18,22-23H,7,10-11,14,19-21H2,1-5H3,(H-,43,44,45,46,47,48);;/q;2*+1/p-1. The van der Waals surface area contributed by atoms with Crippen molar-refractivity contribution in [3.05, 3.63) is 83.6 Å². The normalized spacial score (nSPS) is 18.5. The Kier molecular flexibility index (Phi) is 15.7. The maximum atomic E-state index is 12.2. The van der Waals surface area contributed by atoms with Gasteiger partial charge in [-0.3, -0.25) is 9.59 Å². The molecule has 53 heavy (non-hydrogen) atoms. The minimum Gasteiger partial charge on any atom is -0.744 e. The van der Waals surface area contributed by atoms with Crippen LogP contribution in [0.15, 0.2) is 82.3 Å². The van der Waals surface area contributed by atoms with Crippen LogP contribution in [0, 0.1) is 0 Å². The van der Waals surface area contributed by atoms with E-state index in [1.807, 2.05) is 69.7 Å². The molecule has 3 heterocycles. The monoisotopic (exact) mass is 816 g/mol. The van der Waals surface area contributed by atoms with Gasteiger partial charge in [0, 0.05) is 60.3 Å². The zero-order valence-corrected chi connectivity index (χ0v) is 38.9. The molecule has 0 N–H and O–H groups in total. The SMILES string of the molecule is C[N+]1=C(C=CC=CC=C2N(CCCCCC(=O)ON3C(=O)CCC3=O)c3ccc(S(=O)(=O)[O-])cc3C2(C)C)C(C)(C)c2cc(S(=O)(=O)[O-])ccc21.[K+].[K+]. The molecule has 0 aliphatic carbocycles. The van der Waals surface area contributed by atoms with Crippen molar-refractivity contribution in [2.45, 2.75) is 86.8 Å². The van der Waals surface area contributed by atoms with Gasteiger partial charge in [-0.15, -0.1) is 5.06 Å². The van der Waals surface area contributed by atoms with Crippen LogP contribution in [0.5, 0.6) is 0 Å². The number of imide groups is 1. The first-order valence-corrected chi connectivity index (χ1v) is 19.3. The Morgan fingerprint density at radius 3 is 2.02 bits per heavy atom. The molecule has 2 aromatic carbocycles. The van der Waals surface area contributed by atoms with Gasteiger partial charge in [0.15, 0.2) is 5.71 Å². The van der Waals surface area contributed by atoms with Crippen LogP contribution >= 0.6 is 0 Å². The predicted octanol–water partition coefficient (Wildman–Crippen LogP) is -1.53. The number of hydrogen-bond donors (Lipinski definition) is 0. The van der Waals surface area contributed by atoms with Crippen molar-refractivity contribution in [2.24, 2.45) is 0 Å². The Hall–Kier alpha value is -1.17. The van der Waals surface area contributed by atoms with Crippen LogP contribution in [0.25, 0.3) is 0 Å². The molecule has 5 rings (SSSR count). The molecule has 13 nitrogen and oxygen atoms in total. The van der Waals surface area contributed by atoms with Gasteiger partial charge < -0.3 is 18.8 Å². The van der Waals surface area contributed by atoms with Gasteiger partial charge in [0.05, 0.1) is 15.2 Å². The van der Waals surface area contributed by atoms with Crippen molar-refractivity contribution in [3.8, 4) is 0 Å². The van der Waals surface area contributed by atoms with Crippen LogP contribution in [0.4, 0.5) is 11.4 Å². The molecule has 3 aliphatic heterocycles. The van der Waals surface area contributed by atoms with Crippen molar-refractivity contribution >= 4 is 55.1 Å².